The molecule has 0 aliphatic rings. The number of rotatable bonds is 6. The number of hydrogen-bond acceptors (Lipinski definition) is 3. The zero-order valence-corrected chi connectivity index (χ0v) is 14.0. The van der Waals surface area contributed by atoms with Crippen molar-refractivity contribution in [2.24, 2.45) is 0 Å². The van der Waals surface area contributed by atoms with Crippen LogP contribution in [-0.2, 0) is 0 Å². The van der Waals surface area contributed by atoms with Gasteiger partial charge in [-0.25, -0.2) is 0 Å². The van der Waals surface area contributed by atoms with Gasteiger partial charge in [0.1, 0.15) is 0 Å². The summed E-state index contributed by atoms with van der Waals surface area (Å²) in [5, 5.41) is 0. The Hall–Kier alpha value is -2.22. The second kappa shape index (κ2) is 7.36. The molecule has 0 aliphatic heterocycles. The van der Waals surface area contributed by atoms with Gasteiger partial charge >= 0.3 is 140 Å². The molecule has 0 N–H and O–H groups in total. The van der Waals surface area contributed by atoms with Crippen molar-refractivity contribution in [1.29, 1.82) is 0 Å². The molecule has 0 saturated carbocycles. The summed E-state index contributed by atoms with van der Waals surface area (Å²) in [6, 6.07) is 27.8. The van der Waals surface area contributed by atoms with Gasteiger partial charge in [0.2, 0.25) is 0 Å². The van der Waals surface area contributed by atoms with Gasteiger partial charge in [-0.3, -0.25) is 0 Å². The molecule has 0 bridgehead atoms. The first-order valence-corrected chi connectivity index (χ1v) is 9.88. The number of hydrogen-bond donors (Lipinski definition) is 0. The van der Waals surface area contributed by atoms with Gasteiger partial charge in [0.25, 0.3) is 0 Å². The summed E-state index contributed by atoms with van der Waals surface area (Å²) in [6.45, 7) is 0. The zero-order valence-electron chi connectivity index (χ0n) is 12.3. The van der Waals surface area contributed by atoms with Crippen LogP contribution in [0.4, 0.5) is 0 Å². The Balaban J connectivity index is 1.85. The molecule has 0 heterocycles. The van der Waals surface area contributed by atoms with E-state index in [0.717, 1.165) is 0 Å². The summed E-state index contributed by atoms with van der Waals surface area (Å²) < 4.78 is 17.6. The van der Waals surface area contributed by atoms with Crippen LogP contribution in [0.5, 0.6) is 17.2 Å². The summed E-state index contributed by atoms with van der Waals surface area (Å²) in [5.41, 5.74) is 0. The summed E-state index contributed by atoms with van der Waals surface area (Å²) in [6.07, 6.45) is 0. The average molecular weight is 347 g/mol. The molecule has 0 aliphatic carbocycles. The molecule has 0 unspecified atom stereocenters. The van der Waals surface area contributed by atoms with Crippen LogP contribution in [0.3, 0.4) is 0 Å². The maximum absolute atomic E-state index is 6.62. The zero-order chi connectivity index (χ0) is 16.0. The van der Waals surface area contributed by atoms with Gasteiger partial charge in [-0.2, -0.15) is 0 Å². The van der Waals surface area contributed by atoms with Crippen LogP contribution in [0.1, 0.15) is 0 Å². The third kappa shape index (κ3) is 4.62. The Labute approximate surface area is 140 Å². The van der Waals surface area contributed by atoms with Gasteiger partial charge in [0, 0.05) is 0 Å². The molecule has 0 fully saturated rings. The topological polar surface area (TPSA) is 27.7 Å². The van der Waals surface area contributed by atoms with E-state index in [0.29, 0.717) is 17.2 Å². The van der Waals surface area contributed by atoms with Gasteiger partial charge in [0.05, 0.1) is 0 Å². The molecule has 3 aromatic rings. The van der Waals surface area contributed by atoms with E-state index in [9.17, 15) is 0 Å². The minimum absolute atomic E-state index is 0.598. The summed E-state index contributed by atoms with van der Waals surface area (Å²) in [7, 11) is -3.50. The van der Waals surface area contributed by atoms with Crippen molar-refractivity contribution in [3.05, 3.63) is 91.0 Å². The standard InChI is InChI=1S/C18H16ClO3P/c19-23(20-16-10-4-1-5-11-16,21-17-12-6-2-7-13-17)22-18-14-8-3-9-15-18/h1-15,23H. The van der Waals surface area contributed by atoms with E-state index in [4.69, 9.17) is 24.8 Å². The Morgan fingerprint density at radius 2 is 0.739 bits per heavy atom. The molecular formula is C18H16ClO3P. The number of benzene rings is 3. The SMILES string of the molecule is Cl[PH](Oc1ccccc1)(Oc1ccccc1)Oc1ccccc1. The molecule has 0 spiro atoms. The third-order valence-electron chi connectivity index (χ3n) is 2.95. The predicted molar refractivity (Wildman–Crippen MR) is 95.4 cm³/mol. The van der Waals surface area contributed by atoms with Crippen molar-refractivity contribution in [3.63, 3.8) is 0 Å². The second-order valence-electron chi connectivity index (χ2n) is 4.73. The monoisotopic (exact) mass is 346 g/mol. The van der Waals surface area contributed by atoms with Crippen molar-refractivity contribution in [2.45, 2.75) is 0 Å². The quantitative estimate of drug-likeness (QED) is 0.522. The second-order valence-corrected chi connectivity index (χ2v) is 7.69. The fraction of sp³-hybridized carbons (Fsp3) is 0. The van der Waals surface area contributed by atoms with Gasteiger partial charge in [-0.15, -0.1) is 0 Å². The van der Waals surface area contributed by atoms with Crippen molar-refractivity contribution in [2.75, 3.05) is 0 Å². The van der Waals surface area contributed by atoms with Crippen LogP contribution >= 0.6 is 18.5 Å². The Bertz CT molecular complexity index is 622. The van der Waals surface area contributed by atoms with Crippen LogP contribution in [0.2, 0.25) is 0 Å². The number of halogens is 1. The van der Waals surface area contributed by atoms with Crippen LogP contribution in [-0.4, -0.2) is 0 Å². The molecular weight excluding hydrogens is 331 g/mol. The van der Waals surface area contributed by atoms with Gasteiger partial charge in [0.15, 0.2) is 0 Å². The summed E-state index contributed by atoms with van der Waals surface area (Å²) >= 11 is 6.62. The molecule has 3 nitrogen and oxygen atoms in total. The molecule has 3 rings (SSSR count). The van der Waals surface area contributed by atoms with Crippen LogP contribution in [0, 0.1) is 0 Å². The van der Waals surface area contributed by atoms with E-state index in [1.165, 1.54) is 0 Å². The van der Waals surface area contributed by atoms with E-state index in [1.807, 2.05) is 91.0 Å². The summed E-state index contributed by atoms with van der Waals surface area (Å²) in [5.74, 6) is 1.79. The molecule has 3 aromatic carbocycles. The first kappa shape index (κ1) is 15.7. The van der Waals surface area contributed by atoms with Gasteiger partial charge in [-0.1, -0.05) is 0 Å². The van der Waals surface area contributed by atoms with Gasteiger partial charge < -0.3 is 0 Å². The fourth-order valence-electron chi connectivity index (χ4n) is 1.95. The Morgan fingerprint density at radius 1 is 0.478 bits per heavy atom. The average Bonchev–Trinajstić information content (AvgIpc) is 2.57. The van der Waals surface area contributed by atoms with Gasteiger partial charge in [-0.05, 0) is 0 Å². The van der Waals surface area contributed by atoms with E-state index < -0.39 is 7.30 Å². The molecule has 0 amide bonds. The van der Waals surface area contributed by atoms with Crippen molar-refractivity contribution < 1.29 is 13.6 Å². The number of para-hydroxylation sites is 3. The Kier molecular flexibility index (Phi) is 5.02. The van der Waals surface area contributed by atoms with E-state index in [-0.39, 0.29) is 0 Å². The fourth-order valence-corrected chi connectivity index (χ4v) is 4.13. The van der Waals surface area contributed by atoms with E-state index in [1.54, 1.807) is 0 Å². The molecule has 0 atom stereocenters. The molecule has 23 heavy (non-hydrogen) atoms. The first-order valence-electron chi connectivity index (χ1n) is 7.15. The Morgan fingerprint density at radius 3 is 1.00 bits per heavy atom. The predicted octanol–water partition coefficient (Wildman–Crippen LogP) is 5.87. The van der Waals surface area contributed by atoms with Crippen LogP contribution < -0.4 is 13.6 Å². The maximum atomic E-state index is 6.62. The first-order chi connectivity index (χ1) is 11.2. The third-order valence-corrected chi connectivity index (χ3v) is 5.08. The molecule has 118 valence electrons. The molecule has 0 radical (unpaired) electrons. The van der Waals surface area contributed by atoms with Crippen molar-refractivity contribution in [3.8, 4) is 17.2 Å². The van der Waals surface area contributed by atoms with E-state index >= 15 is 0 Å². The minimum atomic E-state index is -3.50. The normalized spacial score (nSPS) is 11.5. The summed E-state index contributed by atoms with van der Waals surface area (Å²) in [4.78, 5) is 0. The molecule has 0 aromatic heterocycles. The molecule has 0 saturated heterocycles. The van der Waals surface area contributed by atoms with Crippen molar-refractivity contribution in [1.82, 2.24) is 0 Å². The van der Waals surface area contributed by atoms with Crippen LogP contribution in [0.25, 0.3) is 0 Å². The van der Waals surface area contributed by atoms with Crippen molar-refractivity contribution >= 4 is 18.5 Å². The molecule has 5 heteroatoms. The van der Waals surface area contributed by atoms with Crippen LogP contribution in [0.15, 0.2) is 91.0 Å². The van der Waals surface area contributed by atoms with E-state index in [2.05, 4.69) is 0 Å².